The van der Waals surface area contributed by atoms with E-state index in [1.807, 2.05) is 0 Å². The largest absolute Gasteiger partial charge is 0.381 e. The second-order valence-electron chi connectivity index (χ2n) is 3.14. The Kier molecular flexibility index (Phi) is 3.20. The van der Waals surface area contributed by atoms with Crippen LogP contribution in [-0.2, 0) is 4.74 Å². The first kappa shape index (κ1) is 8.06. The summed E-state index contributed by atoms with van der Waals surface area (Å²) in [6, 6.07) is 0. The van der Waals surface area contributed by atoms with Gasteiger partial charge in [0.15, 0.2) is 0 Å². The fourth-order valence-electron chi connectivity index (χ4n) is 1.51. The Morgan fingerprint density at radius 1 is 1.40 bits per heavy atom. The fourth-order valence-corrected chi connectivity index (χ4v) is 1.51. The molecule has 0 aromatic carbocycles. The number of ether oxygens (including phenoxy) is 1. The van der Waals surface area contributed by atoms with Gasteiger partial charge in [-0.25, -0.2) is 0 Å². The van der Waals surface area contributed by atoms with Crippen LogP contribution >= 0.6 is 0 Å². The van der Waals surface area contributed by atoms with Crippen molar-refractivity contribution in [1.82, 2.24) is 0 Å². The molecular weight excluding hydrogens is 124 g/mol. The van der Waals surface area contributed by atoms with Crippen molar-refractivity contribution < 1.29 is 4.74 Å². The van der Waals surface area contributed by atoms with E-state index in [-0.39, 0.29) is 0 Å². The maximum atomic E-state index is 5.28. The predicted molar refractivity (Wildman–Crippen MR) is 42.7 cm³/mol. The molecule has 10 heavy (non-hydrogen) atoms. The lowest BCUT2D eigenvalue weighted by atomic mass is 9.86. The van der Waals surface area contributed by atoms with Gasteiger partial charge in [-0.1, -0.05) is 13.8 Å². The summed E-state index contributed by atoms with van der Waals surface area (Å²) in [7, 11) is 0. The van der Waals surface area contributed by atoms with Crippen LogP contribution in [-0.4, -0.2) is 13.2 Å². The minimum Gasteiger partial charge on any atom is -0.381 e. The maximum Gasteiger partial charge on any atom is 0.0468 e. The Hall–Kier alpha value is -0.0400. The molecule has 1 radical (unpaired) electrons. The summed E-state index contributed by atoms with van der Waals surface area (Å²) in [6.45, 7) is 6.40. The molecule has 1 saturated heterocycles. The number of rotatable bonds is 2. The lowest BCUT2D eigenvalue weighted by molar-refractivity contribution is 0.0541. The lowest BCUT2D eigenvalue weighted by Crippen LogP contribution is -2.21. The lowest BCUT2D eigenvalue weighted by Gasteiger charge is -2.26. The molecule has 59 valence electrons. The topological polar surface area (TPSA) is 9.23 Å². The van der Waals surface area contributed by atoms with E-state index in [0.717, 1.165) is 25.0 Å². The van der Waals surface area contributed by atoms with Gasteiger partial charge in [-0.15, -0.1) is 0 Å². The Morgan fingerprint density at radius 3 is 2.50 bits per heavy atom. The zero-order chi connectivity index (χ0) is 7.40. The van der Waals surface area contributed by atoms with E-state index in [9.17, 15) is 0 Å². The van der Waals surface area contributed by atoms with E-state index in [1.54, 1.807) is 0 Å². The summed E-state index contributed by atoms with van der Waals surface area (Å²) in [5.74, 6) is 1.67. The molecule has 0 aromatic heterocycles. The van der Waals surface area contributed by atoms with Crippen LogP contribution in [0.15, 0.2) is 0 Å². The first-order valence-corrected chi connectivity index (χ1v) is 4.22. The van der Waals surface area contributed by atoms with Crippen LogP contribution in [0, 0.1) is 18.3 Å². The van der Waals surface area contributed by atoms with Crippen LogP contribution in [0.5, 0.6) is 0 Å². The molecule has 1 atom stereocenters. The van der Waals surface area contributed by atoms with Gasteiger partial charge in [0.2, 0.25) is 0 Å². The average molecular weight is 141 g/mol. The highest BCUT2D eigenvalue weighted by atomic mass is 16.5. The van der Waals surface area contributed by atoms with Crippen molar-refractivity contribution in [2.24, 2.45) is 11.8 Å². The van der Waals surface area contributed by atoms with Crippen molar-refractivity contribution in [3.63, 3.8) is 0 Å². The van der Waals surface area contributed by atoms with Gasteiger partial charge in [0.1, 0.15) is 0 Å². The molecule has 0 spiro atoms. The molecule has 1 fully saturated rings. The molecule has 0 aliphatic carbocycles. The van der Waals surface area contributed by atoms with E-state index < -0.39 is 0 Å². The zero-order valence-electron chi connectivity index (χ0n) is 6.97. The number of hydrogen-bond acceptors (Lipinski definition) is 1. The van der Waals surface area contributed by atoms with Gasteiger partial charge in [-0.2, -0.15) is 0 Å². The summed E-state index contributed by atoms with van der Waals surface area (Å²) in [4.78, 5) is 0. The molecule has 1 heteroatoms. The molecule has 0 N–H and O–H groups in total. The third-order valence-electron chi connectivity index (χ3n) is 2.54. The van der Waals surface area contributed by atoms with Gasteiger partial charge in [0, 0.05) is 13.2 Å². The van der Waals surface area contributed by atoms with Gasteiger partial charge < -0.3 is 4.74 Å². The molecule has 1 rings (SSSR count). The molecule has 1 unspecified atom stereocenters. The van der Waals surface area contributed by atoms with Crippen molar-refractivity contribution in [3.05, 3.63) is 6.42 Å². The first-order chi connectivity index (χ1) is 4.84. The third-order valence-corrected chi connectivity index (χ3v) is 2.54. The highest BCUT2D eigenvalue weighted by molar-refractivity contribution is 4.76. The Bertz CT molecular complexity index is 84.7. The molecule has 0 saturated carbocycles. The monoisotopic (exact) mass is 141 g/mol. The van der Waals surface area contributed by atoms with E-state index >= 15 is 0 Å². The molecule has 1 aliphatic rings. The smallest absolute Gasteiger partial charge is 0.0468 e. The van der Waals surface area contributed by atoms with Gasteiger partial charge in [0.05, 0.1) is 0 Å². The van der Waals surface area contributed by atoms with Crippen molar-refractivity contribution in [1.29, 1.82) is 0 Å². The van der Waals surface area contributed by atoms with Gasteiger partial charge >= 0.3 is 0 Å². The van der Waals surface area contributed by atoms with Crippen LogP contribution < -0.4 is 0 Å². The minimum absolute atomic E-state index is 0.781. The summed E-state index contributed by atoms with van der Waals surface area (Å²) in [6.07, 6.45) is 4.81. The van der Waals surface area contributed by atoms with Gasteiger partial charge in [0.25, 0.3) is 0 Å². The Balaban J connectivity index is 2.24. The van der Waals surface area contributed by atoms with Crippen molar-refractivity contribution >= 4 is 0 Å². The van der Waals surface area contributed by atoms with Crippen molar-refractivity contribution in [2.75, 3.05) is 13.2 Å². The SMILES string of the molecule is C[CH]C(C)C1CCOCC1. The van der Waals surface area contributed by atoms with Crippen LogP contribution in [0.3, 0.4) is 0 Å². The summed E-state index contributed by atoms with van der Waals surface area (Å²) >= 11 is 0. The van der Waals surface area contributed by atoms with Crippen LogP contribution in [0.25, 0.3) is 0 Å². The summed E-state index contributed by atoms with van der Waals surface area (Å²) in [5.41, 5.74) is 0. The zero-order valence-corrected chi connectivity index (χ0v) is 6.97. The average Bonchev–Trinajstić information content (AvgIpc) is 2.05. The molecule has 0 amide bonds. The quantitative estimate of drug-likeness (QED) is 0.573. The molecular formula is C9H17O. The third kappa shape index (κ3) is 1.98. The first-order valence-electron chi connectivity index (χ1n) is 4.22. The van der Waals surface area contributed by atoms with E-state index in [4.69, 9.17) is 4.74 Å². The Labute approximate surface area is 63.8 Å². The number of hydrogen-bond donors (Lipinski definition) is 0. The standard InChI is InChI=1S/C9H17O/c1-3-8(2)9-4-6-10-7-5-9/h3,8-9H,4-7H2,1-2H3. The molecule has 1 nitrogen and oxygen atoms in total. The van der Waals surface area contributed by atoms with Crippen LogP contribution in [0.1, 0.15) is 26.7 Å². The second-order valence-corrected chi connectivity index (χ2v) is 3.14. The summed E-state index contributed by atoms with van der Waals surface area (Å²) in [5, 5.41) is 0. The second kappa shape index (κ2) is 3.97. The van der Waals surface area contributed by atoms with Gasteiger partial charge in [-0.05, 0) is 31.1 Å². The predicted octanol–water partition coefficient (Wildman–Crippen LogP) is 2.27. The van der Waals surface area contributed by atoms with Crippen molar-refractivity contribution in [2.45, 2.75) is 26.7 Å². The van der Waals surface area contributed by atoms with Crippen LogP contribution in [0.2, 0.25) is 0 Å². The normalized spacial score (nSPS) is 24.6. The molecule has 0 aromatic rings. The fraction of sp³-hybridized carbons (Fsp3) is 0.889. The highest BCUT2D eigenvalue weighted by Crippen LogP contribution is 2.24. The molecule has 1 aliphatic heterocycles. The van der Waals surface area contributed by atoms with Crippen LogP contribution in [0.4, 0.5) is 0 Å². The molecule has 0 bridgehead atoms. The molecule has 1 heterocycles. The Morgan fingerprint density at radius 2 is 2.00 bits per heavy atom. The maximum absolute atomic E-state index is 5.28. The van der Waals surface area contributed by atoms with E-state index in [1.165, 1.54) is 12.8 Å². The minimum atomic E-state index is 0.781. The van der Waals surface area contributed by atoms with Crippen molar-refractivity contribution in [3.8, 4) is 0 Å². The van der Waals surface area contributed by atoms with E-state index in [2.05, 4.69) is 20.3 Å². The highest BCUT2D eigenvalue weighted by Gasteiger charge is 2.18. The van der Waals surface area contributed by atoms with E-state index in [0.29, 0.717) is 0 Å². The van der Waals surface area contributed by atoms with Gasteiger partial charge in [-0.3, -0.25) is 0 Å². The summed E-state index contributed by atoms with van der Waals surface area (Å²) < 4.78 is 5.28.